The van der Waals surface area contributed by atoms with Gasteiger partial charge in [0.15, 0.2) is 0 Å². The van der Waals surface area contributed by atoms with Gasteiger partial charge in [-0.05, 0) is 0 Å². The Kier molecular flexibility index (Phi) is 304. The van der Waals surface area contributed by atoms with Crippen LogP contribution in [0.2, 0.25) is 0 Å². The maximum Gasteiger partial charge on any atom is 0 e. The first kappa shape index (κ1) is 42.7. The third-order valence-corrected chi connectivity index (χ3v) is 0. The summed E-state index contributed by atoms with van der Waals surface area (Å²) in [5.74, 6) is 0. The van der Waals surface area contributed by atoms with Crippen molar-refractivity contribution in [1.82, 2.24) is 0 Å². The van der Waals surface area contributed by atoms with Gasteiger partial charge in [-0.1, -0.05) is 0 Å². The molecule has 0 aliphatic heterocycles. The van der Waals surface area contributed by atoms with Crippen LogP contribution in [0.4, 0.5) is 0 Å². The number of hydrogen-bond donors (Lipinski definition) is 0. The van der Waals surface area contributed by atoms with Gasteiger partial charge in [-0.15, -0.1) is 0 Å². The van der Waals surface area contributed by atoms with Crippen LogP contribution < -0.4 is 0 Å². The van der Waals surface area contributed by atoms with Gasteiger partial charge in [-0.25, -0.2) is 0 Å². The SMILES string of the molecule is C[N-]C.C[N-]C.C[N-]C.C[N-]C.C[N-]C.C[N-]C.[W]. The van der Waals surface area contributed by atoms with Gasteiger partial charge in [-0.2, -0.15) is 84.6 Å². The Balaban J connectivity index is -0.0000000180. The van der Waals surface area contributed by atoms with E-state index in [9.17, 15) is 0 Å². The summed E-state index contributed by atoms with van der Waals surface area (Å²) in [5.41, 5.74) is 0. The maximum absolute atomic E-state index is 3.50. The summed E-state index contributed by atoms with van der Waals surface area (Å²) in [5, 5.41) is 21.0. The average Bonchev–Trinajstić information content (AvgIpc) is 2.23. The Hall–Kier alpha value is 0.448. The van der Waals surface area contributed by atoms with E-state index in [0.29, 0.717) is 0 Å². The van der Waals surface area contributed by atoms with Crippen LogP contribution in [0.15, 0.2) is 0 Å². The molecule has 0 bridgehead atoms. The largest absolute Gasteiger partial charge is 0.668 e. The fourth-order valence-corrected chi connectivity index (χ4v) is 0. The predicted molar refractivity (Wildman–Crippen MR) is 91.2 cm³/mol. The van der Waals surface area contributed by atoms with Crippen molar-refractivity contribution in [2.45, 2.75) is 0 Å². The minimum absolute atomic E-state index is 0. The molecule has 0 atom stereocenters. The molecule has 7 heteroatoms. The van der Waals surface area contributed by atoms with Crippen molar-refractivity contribution in [3.63, 3.8) is 0 Å². The van der Waals surface area contributed by atoms with Crippen LogP contribution in [0, 0.1) is 0 Å². The molecular formula is C12H36N6W-6. The number of rotatable bonds is 0. The smallest absolute Gasteiger partial charge is 0 e. The summed E-state index contributed by atoms with van der Waals surface area (Å²) >= 11 is 0. The fraction of sp³-hybridized carbons (Fsp3) is 1.00. The van der Waals surface area contributed by atoms with Crippen LogP contribution in [0.3, 0.4) is 0 Å². The van der Waals surface area contributed by atoms with Gasteiger partial charge >= 0.3 is 0 Å². The molecule has 0 radical (unpaired) electrons. The van der Waals surface area contributed by atoms with Gasteiger partial charge in [-0.3, -0.25) is 0 Å². The first-order chi connectivity index (χ1) is 8.49. The molecule has 0 aromatic carbocycles. The summed E-state index contributed by atoms with van der Waals surface area (Å²) in [6, 6.07) is 0. The van der Waals surface area contributed by atoms with E-state index in [4.69, 9.17) is 0 Å². The van der Waals surface area contributed by atoms with E-state index in [1.54, 1.807) is 84.6 Å². The molecular weight excluding hydrogens is 412 g/mol. The fourth-order valence-electron chi connectivity index (χ4n) is 0. The molecule has 0 saturated carbocycles. The molecule has 0 aliphatic rings. The van der Waals surface area contributed by atoms with E-state index in [1.165, 1.54) is 0 Å². The summed E-state index contributed by atoms with van der Waals surface area (Å²) in [6.45, 7) is 0. The Bertz CT molecular complexity index is 37.7. The molecule has 19 heavy (non-hydrogen) atoms. The second-order valence-corrected chi connectivity index (χ2v) is 2.68. The molecule has 0 saturated heterocycles. The first-order valence-electron chi connectivity index (χ1n) is 5.37. The van der Waals surface area contributed by atoms with E-state index in [-0.39, 0.29) is 21.1 Å². The first-order valence-corrected chi connectivity index (χ1v) is 5.37. The zero-order chi connectivity index (χ0) is 16.2. The zero-order valence-corrected chi connectivity index (χ0v) is 18.0. The summed E-state index contributed by atoms with van der Waals surface area (Å²) in [7, 11) is 21.0. The Morgan fingerprint density at radius 1 is 0.263 bits per heavy atom. The third-order valence-electron chi connectivity index (χ3n) is 0. The quantitative estimate of drug-likeness (QED) is 0.541. The van der Waals surface area contributed by atoms with Crippen molar-refractivity contribution >= 4 is 0 Å². The van der Waals surface area contributed by atoms with E-state index in [1.807, 2.05) is 0 Å². The number of hydrogen-bond acceptors (Lipinski definition) is 0. The second-order valence-electron chi connectivity index (χ2n) is 2.68. The van der Waals surface area contributed by atoms with Gasteiger partial charge in [0.1, 0.15) is 0 Å². The molecule has 0 fully saturated rings. The molecule has 0 aromatic rings. The van der Waals surface area contributed by atoms with E-state index >= 15 is 0 Å². The van der Waals surface area contributed by atoms with Crippen molar-refractivity contribution in [3.05, 3.63) is 31.9 Å². The molecule has 126 valence electrons. The molecule has 0 unspecified atom stereocenters. The number of nitrogens with zero attached hydrogens (tertiary/aromatic N) is 6. The van der Waals surface area contributed by atoms with Crippen LogP contribution in [0.5, 0.6) is 0 Å². The van der Waals surface area contributed by atoms with Gasteiger partial charge in [0.2, 0.25) is 0 Å². The molecule has 0 heterocycles. The van der Waals surface area contributed by atoms with E-state index in [0.717, 1.165) is 0 Å². The standard InChI is InChI=1S/6C2H6N.W/c6*1-3-2;/h6*1-2H3;/q6*-1;. The summed E-state index contributed by atoms with van der Waals surface area (Å²) in [4.78, 5) is 0. The van der Waals surface area contributed by atoms with Crippen LogP contribution >= 0.6 is 0 Å². The normalized spacial score (nSPS) is 5.68. The monoisotopic (exact) mass is 448 g/mol. The molecule has 0 aromatic heterocycles. The minimum atomic E-state index is 0. The van der Waals surface area contributed by atoms with E-state index < -0.39 is 0 Å². The minimum Gasteiger partial charge on any atom is -0.668 e. The van der Waals surface area contributed by atoms with Crippen molar-refractivity contribution in [1.29, 1.82) is 0 Å². The summed E-state index contributed by atoms with van der Waals surface area (Å²) < 4.78 is 0. The van der Waals surface area contributed by atoms with Gasteiger partial charge in [0.25, 0.3) is 0 Å². The molecule has 6 nitrogen and oxygen atoms in total. The van der Waals surface area contributed by atoms with Crippen molar-refractivity contribution in [2.24, 2.45) is 0 Å². The second kappa shape index (κ2) is 135. The van der Waals surface area contributed by atoms with Crippen molar-refractivity contribution in [2.75, 3.05) is 84.6 Å². The Labute approximate surface area is 137 Å². The third kappa shape index (κ3) is 24800. The topological polar surface area (TPSA) is 84.6 Å². The van der Waals surface area contributed by atoms with E-state index in [2.05, 4.69) is 31.9 Å². The predicted octanol–water partition coefficient (Wildman–Crippen LogP) is 3.72. The van der Waals surface area contributed by atoms with Crippen molar-refractivity contribution in [3.8, 4) is 0 Å². The maximum atomic E-state index is 3.50. The zero-order valence-electron chi connectivity index (χ0n) is 15.1. The Morgan fingerprint density at radius 3 is 0.263 bits per heavy atom. The average molecular weight is 448 g/mol. The molecule has 0 spiro atoms. The van der Waals surface area contributed by atoms with Gasteiger partial charge < -0.3 is 31.9 Å². The Morgan fingerprint density at radius 2 is 0.263 bits per heavy atom. The van der Waals surface area contributed by atoms with Crippen molar-refractivity contribution < 1.29 is 21.1 Å². The molecule has 0 rings (SSSR count). The van der Waals surface area contributed by atoms with Crippen LogP contribution in [-0.2, 0) is 21.1 Å². The molecule has 0 amide bonds. The van der Waals surface area contributed by atoms with Crippen LogP contribution in [0.25, 0.3) is 31.9 Å². The molecule has 0 aliphatic carbocycles. The summed E-state index contributed by atoms with van der Waals surface area (Å²) in [6.07, 6.45) is 0. The van der Waals surface area contributed by atoms with Gasteiger partial charge in [0.05, 0.1) is 0 Å². The van der Waals surface area contributed by atoms with Crippen LogP contribution in [0.1, 0.15) is 0 Å². The van der Waals surface area contributed by atoms with Crippen LogP contribution in [-0.4, -0.2) is 84.6 Å². The molecule has 0 N–H and O–H groups in total. The van der Waals surface area contributed by atoms with Gasteiger partial charge in [0, 0.05) is 21.1 Å².